The first kappa shape index (κ1) is 13.4. The molecular weight excluding hydrogens is 252 g/mol. The third-order valence-electron chi connectivity index (χ3n) is 2.12. The fourth-order valence-electron chi connectivity index (χ4n) is 1.14. The Labute approximate surface area is 90.2 Å². The van der Waals surface area contributed by atoms with Gasteiger partial charge in [0.25, 0.3) is 0 Å². The fourth-order valence-corrected chi connectivity index (χ4v) is 4.36. The number of hydrogen-bond acceptors (Lipinski definition) is 2. The summed E-state index contributed by atoms with van der Waals surface area (Å²) in [4.78, 5) is 0. The summed E-state index contributed by atoms with van der Waals surface area (Å²) in [5.74, 6) is 1.31. The number of alkyl halides is 1. The van der Waals surface area contributed by atoms with Gasteiger partial charge in [-0.2, -0.15) is 0 Å². The smallest absolute Gasteiger partial charge is 0.150 e. The summed E-state index contributed by atoms with van der Waals surface area (Å²) < 4.78 is 23.0. The molecule has 0 N–H and O–H groups in total. The number of rotatable bonds is 6. The average Bonchev–Trinajstić information content (AvgIpc) is 1.99. The molecule has 0 aromatic heterocycles. The van der Waals surface area contributed by atoms with Gasteiger partial charge in [-0.25, -0.2) is 8.42 Å². The van der Waals surface area contributed by atoms with Crippen molar-refractivity contribution in [3.63, 3.8) is 0 Å². The number of sulfone groups is 1. The first-order valence-electron chi connectivity index (χ1n) is 4.69. The summed E-state index contributed by atoms with van der Waals surface area (Å²) in [5.41, 5.74) is 0. The van der Waals surface area contributed by atoms with E-state index < -0.39 is 9.84 Å². The Morgan fingerprint density at radius 3 is 2.15 bits per heavy atom. The average molecular weight is 271 g/mol. The van der Waals surface area contributed by atoms with Crippen molar-refractivity contribution < 1.29 is 8.42 Å². The molecule has 0 fully saturated rings. The van der Waals surface area contributed by atoms with E-state index in [2.05, 4.69) is 29.8 Å². The second-order valence-corrected chi connectivity index (χ2v) is 6.65. The van der Waals surface area contributed by atoms with Crippen molar-refractivity contribution in [3.8, 4) is 0 Å². The molecule has 1 unspecified atom stereocenters. The molecule has 0 aliphatic carbocycles. The summed E-state index contributed by atoms with van der Waals surface area (Å²) >= 11 is 3.36. The molecule has 0 rings (SSSR count). The summed E-state index contributed by atoms with van der Waals surface area (Å²) in [5, 5.41) is 0.771. The topological polar surface area (TPSA) is 34.1 Å². The minimum absolute atomic E-state index is 0.247. The molecule has 0 aromatic carbocycles. The van der Waals surface area contributed by atoms with Crippen molar-refractivity contribution in [2.24, 2.45) is 11.8 Å². The van der Waals surface area contributed by atoms with Crippen LogP contribution in [0.1, 0.15) is 27.2 Å². The largest absolute Gasteiger partial charge is 0.229 e. The van der Waals surface area contributed by atoms with Crippen LogP contribution in [0.3, 0.4) is 0 Å². The lowest BCUT2D eigenvalue weighted by Gasteiger charge is -2.17. The van der Waals surface area contributed by atoms with E-state index in [1.165, 1.54) is 0 Å². The summed E-state index contributed by atoms with van der Waals surface area (Å²) in [6, 6.07) is 0. The van der Waals surface area contributed by atoms with Crippen LogP contribution >= 0.6 is 15.9 Å². The van der Waals surface area contributed by atoms with E-state index in [0.29, 0.717) is 17.4 Å². The van der Waals surface area contributed by atoms with Gasteiger partial charge < -0.3 is 0 Å². The predicted molar refractivity (Wildman–Crippen MR) is 61.1 cm³/mol. The van der Waals surface area contributed by atoms with E-state index in [1.807, 2.05) is 6.92 Å². The van der Waals surface area contributed by atoms with Crippen molar-refractivity contribution in [2.75, 3.05) is 16.8 Å². The molecule has 0 aliphatic heterocycles. The van der Waals surface area contributed by atoms with Crippen molar-refractivity contribution >= 4 is 25.8 Å². The lowest BCUT2D eigenvalue weighted by molar-refractivity contribution is 0.461. The van der Waals surface area contributed by atoms with Crippen LogP contribution in [0.5, 0.6) is 0 Å². The third-order valence-corrected chi connectivity index (χ3v) is 4.92. The van der Waals surface area contributed by atoms with Crippen molar-refractivity contribution in [2.45, 2.75) is 27.2 Å². The Morgan fingerprint density at radius 2 is 1.85 bits per heavy atom. The van der Waals surface area contributed by atoms with E-state index in [4.69, 9.17) is 0 Å². The molecule has 0 saturated carbocycles. The molecule has 0 saturated heterocycles. The summed E-state index contributed by atoms with van der Waals surface area (Å²) in [6.45, 7) is 6.02. The molecule has 0 heterocycles. The fraction of sp³-hybridized carbons (Fsp3) is 1.00. The Morgan fingerprint density at radius 1 is 1.31 bits per heavy atom. The Hall–Kier alpha value is 0.430. The summed E-state index contributed by atoms with van der Waals surface area (Å²) in [6.07, 6.45) is 0.718. The highest BCUT2D eigenvalue weighted by Gasteiger charge is 2.20. The molecule has 0 bridgehead atoms. The highest BCUT2D eigenvalue weighted by molar-refractivity contribution is 9.09. The summed E-state index contributed by atoms with van der Waals surface area (Å²) in [7, 11) is -2.82. The first-order valence-corrected chi connectivity index (χ1v) is 7.63. The predicted octanol–water partition coefficient (Wildman–Crippen LogP) is 2.48. The van der Waals surface area contributed by atoms with E-state index in [9.17, 15) is 8.42 Å². The van der Waals surface area contributed by atoms with Gasteiger partial charge in [0.2, 0.25) is 0 Å². The van der Waals surface area contributed by atoms with E-state index in [-0.39, 0.29) is 5.92 Å². The van der Waals surface area contributed by atoms with Crippen LogP contribution in [0, 0.1) is 11.8 Å². The first-order chi connectivity index (χ1) is 5.93. The third kappa shape index (κ3) is 5.68. The van der Waals surface area contributed by atoms with Crippen LogP contribution in [0.25, 0.3) is 0 Å². The Kier molecular flexibility index (Phi) is 6.21. The molecule has 0 aliphatic rings. The zero-order valence-corrected chi connectivity index (χ0v) is 11.0. The quantitative estimate of drug-likeness (QED) is 0.695. The van der Waals surface area contributed by atoms with Gasteiger partial charge in [-0.1, -0.05) is 36.7 Å². The molecule has 2 nitrogen and oxygen atoms in total. The lowest BCUT2D eigenvalue weighted by Crippen LogP contribution is -2.23. The number of halogens is 1. The second-order valence-electron chi connectivity index (χ2n) is 3.77. The van der Waals surface area contributed by atoms with Crippen molar-refractivity contribution in [1.82, 2.24) is 0 Å². The van der Waals surface area contributed by atoms with Gasteiger partial charge in [-0.15, -0.1) is 0 Å². The molecule has 1 atom stereocenters. The van der Waals surface area contributed by atoms with Crippen LogP contribution < -0.4 is 0 Å². The minimum atomic E-state index is -2.82. The standard InChI is InChI=1S/C9H19BrO2S/c1-4-5-13(11,12)7-9(6-10)8(2)3/h8-9H,4-7H2,1-3H3. The minimum Gasteiger partial charge on any atom is -0.229 e. The van der Waals surface area contributed by atoms with Crippen LogP contribution in [-0.2, 0) is 9.84 Å². The molecule has 0 radical (unpaired) electrons. The van der Waals surface area contributed by atoms with Gasteiger partial charge in [0.1, 0.15) is 0 Å². The Balaban J connectivity index is 4.23. The normalized spacial score (nSPS) is 14.8. The maximum atomic E-state index is 11.5. The van der Waals surface area contributed by atoms with Gasteiger partial charge in [0, 0.05) is 11.1 Å². The Bertz CT molecular complexity index is 222. The molecule has 0 amide bonds. The maximum absolute atomic E-state index is 11.5. The van der Waals surface area contributed by atoms with Gasteiger partial charge in [0.15, 0.2) is 9.84 Å². The van der Waals surface area contributed by atoms with E-state index >= 15 is 0 Å². The molecule has 80 valence electrons. The SMILES string of the molecule is CCCS(=O)(=O)CC(CBr)C(C)C. The second kappa shape index (κ2) is 6.02. The lowest BCUT2D eigenvalue weighted by atomic mass is 10.0. The molecule has 4 heteroatoms. The zero-order valence-electron chi connectivity index (χ0n) is 8.59. The highest BCUT2D eigenvalue weighted by atomic mass is 79.9. The molecule has 0 aromatic rings. The maximum Gasteiger partial charge on any atom is 0.150 e. The van der Waals surface area contributed by atoms with Crippen LogP contribution in [-0.4, -0.2) is 25.3 Å². The van der Waals surface area contributed by atoms with E-state index in [0.717, 1.165) is 11.8 Å². The van der Waals surface area contributed by atoms with Gasteiger partial charge in [-0.05, 0) is 18.3 Å². The monoisotopic (exact) mass is 270 g/mol. The van der Waals surface area contributed by atoms with E-state index in [1.54, 1.807) is 0 Å². The van der Waals surface area contributed by atoms with Crippen LogP contribution in [0.2, 0.25) is 0 Å². The highest BCUT2D eigenvalue weighted by Crippen LogP contribution is 2.16. The molecule has 13 heavy (non-hydrogen) atoms. The van der Waals surface area contributed by atoms with Crippen LogP contribution in [0.4, 0.5) is 0 Å². The van der Waals surface area contributed by atoms with Gasteiger partial charge in [0.05, 0.1) is 5.75 Å². The molecular formula is C9H19BrO2S. The van der Waals surface area contributed by atoms with Crippen molar-refractivity contribution in [1.29, 1.82) is 0 Å². The van der Waals surface area contributed by atoms with Gasteiger partial charge in [-0.3, -0.25) is 0 Å². The van der Waals surface area contributed by atoms with Crippen LogP contribution in [0.15, 0.2) is 0 Å². The number of hydrogen-bond donors (Lipinski definition) is 0. The van der Waals surface area contributed by atoms with Gasteiger partial charge >= 0.3 is 0 Å². The molecule has 0 spiro atoms. The van der Waals surface area contributed by atoms with Crippen molar-refractivity contribution in [3.05, 3.63) is 0 Å². The zero-order chi connectivity index (χ0) is 10.5.